The van der Waals surface area contributed by atoms with Gasteiger partial charge in [0.2, 0.25) is 0 Å². The average Bonchev–Trinajstić information content (AvgIpc) is 1.91. The van der Waals surface area contributed by atoms with Crippen molar-refractivity contribution in [2.45, 2.75) is 5.03 Å². The molecule has 0 unspecified atom stereocenters. The molecule has 9 heavy (non-hydrogen) atoms. The van der Waals surface area contributed by atoms with E-state index in [4.69, 9.17) is 0 Å². The number of hydrogen-bond acceptors (Lipinski definition) is 3. The lowest BCUT2D eigenvalue weighted by Crippen LogP contribution is -1.79. The second-order valence-electron chi connectivity index (χ2n) is 1.40. The lowest BCUT2D eigenvalue weighted by atomic mass is 10.7. The normalized spacial score (nSPS) is 9.44. The van der Waals surface area contributed by atoms with Crippen molar-refractivity contribution in [3.05, 3.63) is 25.5 Å². The van der Waals surface area contributed by atoms with Crippen molar-refractivity contribution in [2.75, 3.05) is 5.75 Å². The van der Waals surface area contributed by atoms with Crippen LogP contribution in [0.1, 0.15) is 0 Å². The molecule has 0 spiro atoms. The van der Waals surface area contributed by atoms with Gasteiger partial charge >= 0.3 is 0 Å². The van der Waals surface area contributed by atoms with E-state index >= 15 is 0 Å². The van der Waals surface area contributed by atoms with E-state index < -0.39 is 0 Å². The van der Waals surface area contributed by atoms with Crippen LogP contribution >= 0.6 is 11.8 Å². The highest BCUT2D eigenvalue weighted by Crippen LogP contribution is 2.10. The Morgan fingerprint density at radius 1 is 1.67 bits per heavy atom. The first-order valence-corrected chi connectivity index (χ1v) is 3.60. The topological polar surface area (TPSA) is 25.8 Å². The summed E-state index contributed by atoms with van der Waals surface area (Å²) in [4.78, 5) is 7.76. The maximum atomic E-state index is 3.98. The molecule has 0 amide bonds. The molecule has 2 nitrogen and oxygen atoms in total. The van der Waals surface area contributed by atoms with Gasteiger partial charge in [-0.25, -0.2) is 9.97 Å². The van der Waals surface area contributed by atoms with Gasteiger partial charge in [0, 0.05) is 6.20 Å². The summed E-state index contributed by atoms with van der Waals surface area (Å²) in [7, 11) is 0. The Kier molecular flexibility index (Phi) is 2.51. The van der Waals surface area contributed by atoms with Gasteiger partial charge in [0.25, 0.3) is 0 Å². The Bertz CT molecular complexity index is 164. The van der Waals surface area contributed by atoms with Crippen LogP contribution in [0.4, 0.5) is 0 Å². The minimum atomic E-state index is 0.816. The highest BCUT2D eigenvalue weighted by Gasteiger charge is 1.87. The predicted molar refractivity (Wildman–Crippen MR) is 38.1 cm³/mol. The van der Waals surface area contributed by atoms with Gasteiger partial charge in [-0.05, 0) is 18.7 Å². The van der Waals surface area contributed by atoms with Crippen LogP contribution in [0.25, 0.3) is 0 Å². The van der Waals surface area contributed by atoms with Crippen LogP contribution in [0.15, 0.2) is 23.6 Å². The minimum absolute atomic E-state index is 0.816. The SMILES string of the molecule is [CH2]CSc1ccncn1. The standard InChI is InChI=1S/C6H7N2S/c1-2-9-6-3-4-7-5-8-6/h3-5H,1-2H2. The molecule has 1 rings (SSSR count). The van der Waals surface area contributed by atoms with Crippen LogP contribution in [0, 0.1) is 6.92 Å². The van der Waals surface area contributed by atoms with E-state index in [-0.39, 0.29) is 0 Å². The number of rotatable bonds is 2. The van der Waals surface area contributed by atoms with Crippen LogP contribution in [0.2, 0.25) is 0 Å². The summed E-state index contributed by atoms with van der Waals surface area (Å²) >= 11 is 1.61. The number of aromatic nitrogens is 2. The van der Waals surface area contributed by atoms with E-state index in [0.29, 0.717) is 0 Å². The molecule has 0 aromatic carbocycles. The highest BCUT2D eigenvalue weighted by atomic mass is 32.2. The van der Waals surface area contributed by atoms with Crippen molar-refractivity contribution in [3.63, 3.8) is 0 Å². The van der Waals surface area contributed by atoms with Crippen LogP contribution in [0.3, 0.4) is 0 Å². The first-order valence-electron chi connectivity index (χ1n) is 2.61. The number of hydrogen-bond donors (Lipinski definition) is 0. The third kappa shape index (κ3) is 2.01. The fourth-order valence-electron chi connectivity index (χ4n) is 0.469. The second-order valence-corrected chi connectivity index (χ2v) is 2.51. The maximum absolute atomic E-state index is 3.98. The summed E-state index contributed by atoms with van der Waals surface area (Å²) in [5, 5.41) is 0.986. The monoisotopic (exact) mass is 139 g/mol. The fourth-order valence-corrected chi connectivity index (χ4v) is 0.956. The summed E-state index contributed by atoms with van der Waals surface area (Å²) in [6, 6.07) is 1.87. The van der Waals surface area contributed by atoms with Crippen molar-refractivity contribution in [3.8, 4) is 0 Å². The predicted octanol–water partition coefficient (Wildman–Crippen LogP) is 1.40. The van der Waals surface area contributed by atoms with E-state index in [2.05, 4.69) is 16.9 Å². The number of nitrogens with zero attached hydrogens (tertiary/aromatic N) is 2. The van der Waals surface area contributed by atoms with Gasteiger partial charge in [-0.15, -0.1) is 11.8 Å². The van der Waals surface area contributed by atoms with Gasteiger partial charge in [-0.1, -0.05) is 0 Å². The number of thioether (sulfide) groups is 1. The van der Waals surface area contributed by atoms with Crippen molar-refractivity contribution < 1.29 is 0 Å². The maximum Gasteiger partial charge on any atom is 0.116 e. The molecular weight excluding hydrogens is 132 g/mol. The largest absolute Gasteiger partial charge is 0.245 e. The molecule has 0 aliphatic heterocycles. The molecule has 0 bridgehead atoms. The molecule has 0 saturated carbocycles. The molecule has 0 fully saturated rings. The Morgan fingerprint density at radius 2 is 2.56 bits per heavy atom. The first kappa shape index (κ1) is 6.55. The molecule has 0 N–H and O–H groups in total. The summed E-state index contributed by atoms with van der Waals surface area (Å²) in [5.74, 6) is 0.816. The van der Waals surface area contributed by atoms with Gasteiger partial charge in [0.1, 0.15) is 6.33 Å². The van der Waals surface area contributed by atoms with Gasteiger partial charge in [0.05, 0.1) is 5.03 Å². The Balaban J connectivity index is 2.61. The van der Waals surface area contributed by atoms with Crippen molar-refractivity contribution >= 4 is 11.8 Å². The molecule has 1 aromatic heterocycles. The van der Waals surface area contributed by atoms with Crippen LogP contribution in [0.5, 0.6) is 0 Å². The van der Waals surface area contributed by atoms with E-state index in [1.165, 1.54) is 6.33 Å². The van der Waals surface area contributed by atoms with Gasteiger partial charge in [-0.3, -0.25) is 0 Å². The zero-order valence-electron chi connectivity index (χ0n) is 4.95. The molecule has 1 aromatic rings. The zero-order chi connectivity index (χ0) is 6.53. The van der Waals surface area contributed by atoms with Gasteiger partial charge in [0.15, 0.2) is 0 Å². The van der Waals surface area contributed by atoms with Gasteiger partial charge in [-0.2, -0.15) is 0 Å². The van der Waals surface area contributed by atoms with Crippen molar-refractivity contribution in [1.29, 1.82) is 0 Å². The van der Waals surface area contributed by atoms with Gasteiger partial charge < -0.3 is 0 Å². The van der Waals surface area contributed by atoms with Crippen LogP contribution in [-0.4, -0.2) is 15.7 Å². The molecule has 0 atom stereocenters. The molecule has 0 aliphatic rings. The average molecular weight is 139 g/mol. The van der Waals surface area contributed by atoms with Crippen molar-refractivity contribution in [2.24, 2.45) is 0 Å². The Labute approximate surface area is 58.7 Å². The van der Waals surface area contributed by atoms with E-state index in [0.717, 1.165) is 10.8 Å². The van der Waals surface area contributed by atoms with E-state index in [9.17, 15) is 0 Å². The molecule has 3 heteroatoms. The smallest absolute Gasteiger partial charge is 0.116 e. The lowest BCUT2D eigenvalue weighted by Gasteiger charge is -1.91. The molecule has 1 heterocycles. The molecule has 1 radical (unpaired) electrons. The third-order valence-electron chi connectivity index (χ3n) is 0.805. The summed E-state index contributed by atoms with van der Waals surface area (Å²) in [6.45, 7) is 3.68. The molecule has 0 saturated heterocycles. The third-order valence-corrected chi connectivity index (χ3v) is 1.55. The summed E-state index contributed by atoms with van der Waals surface area (Å²) in [6.07, 6.45) is 3.27. The Hall–Kier alpha value is -0.570. The lowest BCUT2D eigenvalue weighted by molar-refractivity contribution is 1.05. The van der Waals surface area contributed by atoms with Crippen LogP contribution < -0.4 is 0 Å². The molecule has 0 aliphatic carbocycles. The van der Waals surface area contributed by atoms with E-state index in [1.54, 1.807) is 18.0 Å². The van der Waals surface area contributed by atoms with Crippen LogP contribution in [-0.2, 0) is 0 Å². The van der Waals surface area contributed by atoms with E-state index in [1.807, 2.05) is 6.07 Å². The minimum Gasteiger partial charge on any atom is -0.245 e. The van der Waals surface area contributed by atoms with Crippen molar-refractivity contribution in [1.82, 2.24) is 9.97 Å². The second kappa shape index (κ2) is 3.45. The molecule has 47 valence electrons. The zero-order valence-corrected chi connectivity index (χ0v) is 5.77. The summed E-state index contributed by atoms with van der Waals surface area (Å²) in [5.41, 5.74) is 0. The first-order chi connectivity index (χ1) is 4.43. The quantitative estimate of drug-likeness (QED) is 0.457. The Morgan fingerprint density at radius 3 is 3.11 bits per heavy atom. The molecular formula is C6H7N2S. The fraction of sp³-hybridized carbons (Fsp3) is 0.167. The highest BCUT2D eigenvalue weighted by molar-refractivity contribution is 7.99. The summed E-state index contributed by atoms with van der Waals surface area (Å²) < 4.78 is 0.